The number of aliphatic carboxylic acids is 1. The first kappa shape index (κ1) is 10.5. The summed E-state index contributed by atoms with van der Waals surface area (Å²) in [6.07, 6.45) is 0. The Balaban J connectivity index is 4.92. The number of hydrogen-bond donors (Lipinski definition) is 4. The highest BCUT2D eigenvalue weighted by Gasteiger charge is 2.46. The molecule has 0 amide bonds. The van der Waals surface area contributed by atoms with Gasteiger partial charge < -0.3 is 29.9 Å². The van der Waals surface area contributed by atoms with Crippen molar-refractivity contribution in [3.05, 3.63) is 0 Å². The van der Waals surface area contributed by atoms with Crippen molar-refractivity contribution in [3.63, 3.8) is 0 Å². The summed E-state index contributed by atoms with van der Waals surface area (Å²) < 4.78 is 10.2. The zero-order chi connectivity index (χ0) is 9.28. The van der Waals surface area contributed by atoms with Gasteiger partial charge in [-0.2, -0.15) is 0 Å². The van der Waals surface area contributed by atoms with E-state index in [2.05, 4.69) is 0 Å². The van der Waals surface area contributed by atoms with Crippen LogP contribution in [0.15, 0.2) is 0 Å². The molecule has 0 aliphatic carbocycles. The summed E-state index contributed by atoms with van der Waals surface area (Å²) in [5.41, 5.74) is 0. The van der Waals surface area contributed by atoms with E-state index in [-0.39, 0.29) is 0 Å². The molecule has 0 spiro atoms. The minimum Gasteiger partial charge on any atom is -0.546 e. The van der Waals surface area contributed by atoms with Crippen molar-refractivity contribution in [2.45, 2.75) is 5.34 Å². The van der Waals surface area contributed by atoms with Gasteiger partial charge >= 0.3 is 7.60 Å². The van der Waals surface area contributed by atoms with E-state index in [0.717, 1.165) is 0 Å². The summed E-state index contributed by atoms with van der Waals surface area (Å²) in [4.78, 5) is 26.3. The molecule has 0 aromatic rings. The van der Waals surface area contributed by atoms with E-state index in [9.17, 15) is 14.5 Å². The third-order valence-electron chi connectivity index (χ3n) is 1.03. The normalized spacial score (nSPS) is 17.5. The van der Waals surface area contributed by atoms with Gasteiger partial charge in [0.1, 0.15) is 0 Å². The monoisotopic (exact) mass is 185 g/mol. The molecule has 0 aliphatic heterocycles. The highest BCUT2D eigenvalue weighted by molar-refractivity contribution is 7.54. The average molecular weight is 185 g/mol. The maximum atomic E-state index is 10.2. The molecule has 0 bridgehead atoms. The Labute approximate surface area is 61.1 Å². The fourth-order valence-electron chi connectivity index (χ4n) is 0.276. The lowest BCUT2D eigenvalue weighted by Crippen LogP contribution is -2.50. The molecule has 0 heterocycles. The second-order valence-corrected chi connectivity index (χ2v) is 3.63. The Kier molecular flexibility index (Phi) is 2.76. The van der Waals surface area contributed by atoms with Crippen molar-refractivity contribution in [3.8, 4) is 0 Å². The fourth-order valence-corrected chi connectivity index (χ4v) is 0.698. The molecule has 0 rings (SSSR count). The minimum absolute atomic E-state index is 1.60. The van der Waals surface area contributed by atoms with E-state index in [1.165, 1.54) is 0 Å². The van der Waals surface area contributed by atoms with Gasteiger partial charge in [-0.1, -0.05) is 0 Å². The number of carbonyl (C=O) groups excluding carboxylic acids is 1. The molecule has 0 saturated heterocycles. The number of aliphatic hydroxyl groups excluding tert-OH is 1. The van der Waals surface area contributed by atoms with Crippen LogP contribution in [0.1, 0.15) is 0 Å². The largest absolute Gasteiger partial charge is 0.546 e. The Morgan fingerprint density at radius 3 is 1.91 bits per heavy atom. The predicted octanol–water partition coefficient (Wildman–Crippen LogP) is -3.41. The predicted molar refractivity (Wildman–Crippen MR) is 29.1 cm³/mol. The Hall–Kier alpha value is -0.460. The first-order valence-corrected chi connectivity index (χ1v) is 3.97. The van der Waals surface area contributed by atoms with Gasteiger partial charge in [0, 0.05) is 0 Å². The number of hydrogen-bond acceptors (Lipinski definition) is 5. The van der Waals surface area contributed by atoms with Crippen LogP contribution in [0.5, 0.6) is 0 Å². The van der Waals surface area contributed by atoms with Crippen LogP contribution in [0.25, 0.3) is 0 Å². The molecule has 0 saturated carbocycles. The molecule has 4 N–H and O–H groups in total. The maximum Gasteiger partial charge on any atom is 0.365 e. The van der Waals surface area contributed by atoms with Crippen molar-refractivity contribution >= 4 is 13.6 Å². The van der Waals surface area contributed by atoms with Crippen LogP contribution in [0.3, 0.4) is 0 Å². The molecule has 1 unspecified atom stereocenters. The van der Waals surface area contributed by atoms with E-state index in [4.69, 9.17) is 20.0 Å². The molecule has 66 valence electrons. The number of carbonyl (C=O) groups is 1. The van der Waals surface area contributed by atoms with Crippen LogP contribution in [-0.2, 0) is 9.36 Å². The van der Waals surface area contributed by atoms with Crippen LogP contribution in [0.4, 0.5) is 0 Å². The number of carboxylic acids is 1. The molecule has 8 heteroatoms. The lowest BCUT2D eigenvalue weighted by molar-refractivity contribution is -0.320. The quantitative estimate of drug-likeness (QED) is 0.336. The van der Waals surface area contributed by atoms with Crippen molar-refractivity contribution in [1.82, 2.24) is 0 Å². The number of rotatable bonds is 3. The van der Waals surface area contributed by atoms with Gasteiger partial charge in [0.25, 0.3) is 0 Å². The lowest BCUT2D eigenvalue weighted by Gasteiger charge is -2.26. The van der Waals surface area contributed by atoms with Gasteiger partial charge in [-0.15, -0.1) is 0 Å². The number of carboxylic acid groups (broad SMARTS) is 1. The molecular weight excluding hydrogens is 179 g/mol. The topological polar surface area (TPSA) is 138 Å². The smallest absolute Gasteiger partial charge is 0.365 e. The molecule has 0 radical (unpaired) electrons. The van der Waals surface area contributed by atoms with Crippen LogP contribution in [0, 0.1) is 0 Å². The van der Waals surface area contributed by atoms with Crippen molar-refractivity contribution in [1.29, 1.82) is 0 Å². The van der Waals surface area contributed by atoms with Gasteiger partial charge in [-0.25, -0.2) is 0 Å². The number of aliphatic hydroxyl groups is 2. The molecule has 7 nitrogen and oxygen atoms in total. The van der Waals surface area contributed by atoms with Crippen LogP contribution >= 0.6 is 7.60 Å². The Bertz CT molecular complexity index is 206. The summed E-state index contributed by atoms with van der Waals surface area (Å²) in [5, 5.41) is 23.1. The van der Waals surface area contributed by atoms with E-state index < -0.39 is 25.5 Å². The summed E-state index contributed by atoms with van der Waals surface area (Å²) in [5.74, 6) is -2.41. The molecular formula is C3H6O7P-. The maximum absolute atomic E-state index is 10.2. The van der Waals surface area contributed by atoms with E-state index in [0.29, 0.717) is 0 Å². The SMILES string of the molecule is O=C([O-])C(O)(CO)P(=O)(O)O. The van der Waals surface area contributed by atoms with Crippen molar-refractivity contribution < 1.29 is 34.5 Å². The zero-order valence-electron chi connectivity index (χ0n) is 5.17. The van der Waals surface area contributed by atoms with E-state index in [1.807, 2.05) is 0 Å². The summed E-state index contributed by atoms with van der Waals surface area (Å²) >= 11 is 0. The van der Waals surface area contributed by atoms with Gasteiger partial charge in [0.15, 0.2) is 0 Å². The average Bonchev–Trinajstić information content (AvgIpc) is 1.83. The van der Waals surface area contributed by atoms with Crippen molar-refractivity contribution in [2.24, 2.45) is 0 Å². The second-order valence-electron chi connectivity index (χ2n) is 1.81. The van der Waals surface area contributed by atoms with Crippen molar-refractivity contribution in [2.75, 3.05) is 6.61 Å². The van der Waals surface area contributed by atoms with Crippen LogP contribution in [0.2, 0.25) is 0 Å². The molecule has 0 aromatic heterocycles. The van der Waals surface area contributed by atoms with Gasteiger partial charge in [0.2, 0.25) is 5.34 Å². The lowest BCUT2D eigenvalue weighted by atomic mass is 10.4. The highest BCUT2D eigenvalue weighted by atomic mass is 31.2. The standard InChI is InChI=1S/C3H7O7P/c4-1-3(7,2(5)6)11(8,9)10/h4,7H,1H2,(H,5,6)(H2,8,9,10)/p-1. The first-order valence-electron chi connectivity index (χ1n) is 2.36. The van der Waals surface area contributed by atoms with Gasteiger partial charge in [-0.3, -0.25) is 4.57 Å². The fraction of sp³-hybridized carbons (Fsp3) is 0.667. The summed E-state index contributed by atoms with van der Waals surface area (Å²) in [6.45, 7) is -1.60. The summed E-state index contributed by atoms with van der Waals surface area (Å²) in [6, 6.07) is 0. The molecule has 0 aliphatic rings. The minimum atomic E-state index is -5.30. The van der Waals surface area contributed by atoms with E-state index in [1.54, 1.807) is 0 Å². The van der Waals surface area contributed by atoms with Crippen LogP contribution in [-0.4, -0.2) is 37.9 Å². The molecule has 0 fully saturated rings. The Morgan fingerprint density at radius 1 is 1.55 bits per heavy atom. The van der Waals surface area contributed by atoms with Gasteiger partial charge in [0.05, 0.1) is 12.6 Å². The van der Waals surface area contributed by atoms with E-state index >= 15 is 0 Å². The zero-order valence-corrected chi connectivity index (χ0v) is 6.06. The molecule has 11 heavy (non-hydrogen) atoms. The highest BCUT2D eigenvalue weighted by Crippen LogP contribution is 2.47. The third-order valence-corrected chi connectivity index (χ3v) is 2.32. The third kappa shape index (κ3) is 1.76. The first-order chi connectivity index (χ1) is 4.75. The van der Waals surface area contributed by atoms with Gasteiger partial charge in [-0.05, 0) is 0 Å². The summed E-state index contributed by atoms with van der Waals surface area (Å²) in [7, 11) is -5.30. The Morgan fingerprint density at radius 2 is 1.91 bits per heavy atom. The molecule has 1 atom stereocenters. The molecule has 0 aromatic carbocycles. The second kappa shape index (κ2) is 2.88. The van der Waals surface area contributed by atoms with Crippen LogP contribution < -0.4 is 5.11 Å².